The number of pyridine rings is 1. The van der Waals surface area contributed by atoms with E-state index in [1.54, 1.807) is 6.20 Å². The molecule has 0 aliphatic carbocycles. The molecule has 0 saturated heterocycles. The van der Waals surface area contributed by atoms with Crippen LogP contribution in [0.15, 0.2) is 29.1 Å². The van der Waals surface area contributed by atoms with Gasteiger partial charge in [-0.3, -0.25) is 0 Å². The van der Waals surface area contributed by atoms with Crippen LogP contribution in [-0.4, -0.2) is 21.0 Å². The highest BCUT2D eigenvalue weighted by Gasteiger charge is 2.09. The molecule has 2 heterocycles. The number of nitrogens with two attached hydrogens (primary N) is 1. The van der Waals surface area contributed by atoms with Crippen molar-refractivity contribution in [2.45, 2.75) is 19.9 Å². The Kier molecular flexibility index (Phi) is 4.16. The van der Waals surface area contributed by atoms with Crippen molar-refractivity contribution < 1.29 is 0 Å². The van der Waals surface area contributed by atoms with Gasteiger partial charge in [0.2, 0.25) is 0 Å². The van der Waals surface area contributed by atoms with E-state index in [1.807, 2.05) is 26.0 Å². The molecule has 4 N–H and O–H groups in total. The number of nitrogens with one attached hydrogen (secondary N) is 2. The maximum Gasteiger partial charge on any atom is 0.160 e. The summed E-state index contributed by atoms with van der Waals surface area (Å²) in [7, 11) is 0. The first-order valence-corrected chi connectivity index (χ1v) is 6.61. The van der Waals surface area contributed by atoms with E-state index in [0.29, 0.717) is 23.1 Å². The monoisotopic (exact) mass is 322 g/mol. The lowest BCUT2D eigenvalue weighted by atomic mass is 10.3. The Morgan fingerprint density at radius 3 is 2.53 bits per heavy atom. The molecule has 19 heavy (non-hydrogen) atoms. The molecule has 7 heteroatoms. The number of aromatic nitrogens is 3. The van der Waals surface area contributed by atoms with Crippen LogP contribution in [0.25, 0.3) is 0 Å². The number of nitrogens with zero attached hydrogens (tertiary/aromatic N) is 3. The molecule has 0 aliphatic rings. The zero-order valence-electron chi connectivity index (χ0n) is 10.7. The van der Waals surface area contributed by atoms with Crippen LogP contribution in [-0.2, 0) is 0 Å². The fraction of sp³-hybridized carbons (Fsp3) is 0.250. The molecule has 100 valence electrons. The summed E-state index contributed by atoms with van der Waals surface area (Å²) in [5.74, 6) is 1.82. The lowest BCUT2D eigenvalue weighted by molar-refractivity contribution is 0.887. The molecule has 0 radical (unpaired) electrons. The van der Waals surface area contributed by atoms with Crippen LogP contribution in [0.3, 0.4) is 0 Å². The van der Waals surface area contributed by atoms with Gasteiger partial charge in [-0.05, 0) is 41.9 Å². The lowest BCUT2D eigenvalue weighted by Gasteiger charge is -2.13. The molecule has 2 aromatic heterocycles. The Bertz CT molecular complexity index is 555. The van der Waals surface area contributed by atoms with Gasteiger partial charge in [-0.1, -0.05) is 0 Å². The first-order valence-electron chi connectivity index (χ1n) is 5.82. The second-order valence-corrected chi connectivity index (χ2v) is 5.19. The zero-order chi connectivity index (χ0) is 13.8. The van der Waals surface area contributed by atoms with E-state index in [4.69, 9.17) is 5.73 Å². The van der Waals surface area contributed by atoms with E-state index in [9.17, 15) is 0 Å². The third-order valence-electron chi connectivity index (χ3n) is 2.28. The van der Waals surface area contributed by atoms with Crippen LogP contribution < -0.4 is 16.4 Å². The second-order valence-electron chi connectivity index (χ2n) is 4.27. The highest BCUT2D eigenvalue weighted by Crippen LogP contribution is 2.25. The van der Waals surface area contributed by atoms with Gasteiger partial charge in [0, 0.05) is 16.7 Å². The molecule has 2 rings (SSSR count). The molecule has 0 aliphatic heterocycles. The van der Waals surface area contributed by atoms with E-state index in [-0.39, 0.29) is 6.04 Å². The van der Waals surface area contributed by atoms with E-state index in [0.717, 1.165) is 4.47 Å². The highest BCUT2D eigenvalue weighted by atomic mass is 79.9. The molecule has 0 amide bonds. The Morgan fingerprint density at radius 2 is 1.89 bits per heavy atom. The van der Waals surface area contributed by atoms with Gasteiger partial charge in [0.1, 0.15) is 17.8 Å². The predicted octanol–water partition coefficient (Wildman–Crippen LogP) is 2.78. The molecular formula is C12H15BrN6. The average molecular weight is 323 g/mol. The van der Waals surface area contributed by atoms with Crippen molar-refractivity contribution in [3.63, 3.8) is 0 Å². The van der Waals surface area contributed by atoms with Gasteiger partial charge in [0.15, 0.2) is 11.6 Å². The number of nitrogen functional groups attached to an aromatic ring is 1. The van der Waals surface area contributed by atoms with Crippen LogP contribution in [0.5, 0.6) is 0 Å². The fourth-order valence-electron chi connectivity index (χ4n) is 1.45. The number of rotatable bonds is 4. The SMILES string of the molecule is CC(C)Nc1ncnc(Nc2ccc(Br)cn2)c1N. The number of hydrogen-bond donors (Lipinski definition) is 3. The molecule has 0 atom stereocenters. The Hall–Kier alpha value is -1.89. The first kappa shape index (κ1) is 13.5. The maximum atomic E-state index is 6.02. The summed E-state index contributed by atoms with van der Waals surface area (Å²) in [6, 6.07) is 3.97. The minimum absolute atomic E-state index is 0.246. The van der Waals surface area contributed by atoms with Gasteiger partial charge in [-0.2, -0.15) is 0 Å². The summed E-state index contributed by atoms with van der Waals surface area (Å²) in [5, 5.41) is 6.23. The molecule has 0 bridgehead atoms. The topological polar surface area (TPSA) is 88.8 Å². The van der Waals surface area contributed by atoms with E-state index >= 15 is 0 Å². The van der Waals surface area contributed by atoms with Gasteiger partial charge >= 0.3 is 0 Å². The van der Waals surface area contributed by atoms with Gasteiger partial charge < -0.3 is 16.4 Å². The summed E-state index contributed by atoms with van der Waals surface area (Å²) in [6.07, 6.45) is 3.16. The van der Waals surface area contributed by atoms with Crippen molar-refractivity contribution in [1.82, 2.24) is 15.0 Å². The maximum absolute atomic E-state index is 6.02. The summed E-state index contributed by atoms with van der Waals surface area (Å²) in [6.45, 7) is 4.04. The molecule has 0 unspecified atom stereocenters. The highest BCUT2D eigenvalue weighted by molar-refractivity contribution is 9.10. The number of halogens is 1. The van der Waals surface area contributed by atoms with Gasteiger partial charge in [-0.25, -0.2) is 15.0 Å². The van der Waals surface area contributed by atoms with Crippen LogP contribution in [0.2, 0.25) is 0 Å². The fourth-order valence-corrected chi connectivity index (χ4v) is 1.69. The average Bonchev–Trinajstić information content (AvgIpc) is 2.36. The van der Waals surface area contributed by atoms with Crippen LogP contribution in [0.1, 0.15) is 13.8 Å². The van der Waals surface area contributed by atoms with E-state index < -0.39 is 0 Å². The molecule has 0 spiro atoms. The van der Waals surface area contributed by atoms with Crippen molar-refractivity contribution in [3.05, 3.63) is 29.1 Å². The summed E-state index contributed by atoms with van der Waals surface area (Å²) >= 11 is 3.33. The van der Waals surface area contributed by atoms with Crippen molar-refractivity contribution in [1.29, 1.82) is 0 Å². The number of anilines is 4. The third kappa shape index (κ3) is 3.54. The molecule has 2 aromatic rings. The van der Waals surface area contributed by atoms with E-state index in [2.05, 4.69) is 41.5 Å². The Morgan fingerprint density at radius 1 is 1.16 bits per heavy atom. The van der Waals surface area contributed by atoms with Gasteiger partial charge in [0.25, 0.3) is 0 Å². The minimum Gasteiger partial charge on any atom is -0.393 e. The minimum atomic E-state index is 0.246. The van der Waals surface area contributed by atoms with Crippen molar-refractivity contribution in [3.8, 4) is 0 Å². The van der Waals surface area contributed by atoms with Gasteiger partial charge in [0.05, 0.1) is 0 Å². The largest absolute Gasteiger partial charge is 0.393 e. The number of hydrogen-bond acceptors (Lipinski definition) is 6. The molecule has 6 nitrogen and oxygen atoms in total. The quantitative estimate of drug-likeness (QED) is 0.802. The summed E-state index contributed by atoms with van der Waals surface area (Å²) < 4.78 is 0.913. The molecule has 0 aromatic carbocycles. The lowest BCUT2D eigenvalue weighted by Crippen LogP contribution is -2.14. The summed E-state index contributed by atoms with van der Waals surface area (Å²) in [5.41, 5.74) is 6.50. The van der Waals surface area contributed by atoms with E-state index in [1.165, 1.54) is 6.33 Å². The smallest absolute Gasteiger partial charge is 0.160 e. The standard InChI is InChI=1S/C12H15BrN6/c1-7(2)18-11-10(14)12(17-6-16-11)19-9-4-3-8(13)5-15-9/h3-7H,14H2,1-2H3,(H2,15,16,17,18,19). The summed E-state index contributed by atoms with van der Waals surface area (Å²) in [4.78, 5) is 12.5. The zero-order valence-corrected chi connectivity index (χ0v) is 12.3. The normalized spacial score (nSPS) is 10.5. The van der Waals surface area contributed by atoms with Crippen molar-refractivity contribution in [2.75, 3.05) is 16.4 Å². The molecule has 0 fully saturated rings. The van der Waals surface area contributed by atoms with Crippen LogP contribution >= 0.6 is 15.9 Å². The van der Waals surface area contributed by atoms with Gasteiger partial charge in [-0.15, -0.1) is 0 Å². The Balaban J connectivity index is 2.23. The molecule has 0 saturated carbocycles. The van der Waals surface area contributed by atoms with Crippen LogP contribution in [0.4, 0.5) is 23.1 Å². The van der Waals surface area contributed by atoms with Crippen molar-refractivity contribution in [2.24, 2.45) is 0 Å². The van der Waals surface area contributed by atoms with Crippen LogP contribution in [0, 0.1) is 0 Å². The third-order valence-corrected chi connectivity index (χ3v) is 2.75. The predicted molar refractivity (Wildman–Crippen MR) is 80.4 cm³/mol. The molecular weight excluding hydrogens is 308 g/mol. The first-order chi connectivity index (χ1) is 9.06. The Labute approximate surface area is 120 Å². The van der Waals surface area contributed by atoms with Crippen molar-refractivity contribution >= 4 is 39.1 Å². The second kappa shape index (κ2) is 5.83.